The molecule has 0 saturated heterocycles. The van der Waals surface area contributed by atoms with Gasteiger partial charge in [0.15, 0.2) is 0 Å². The Labute approximate surface area is 218 Å². The standard InChI is InChI=1S/C28H31ClN2O4S/c1-3-35-26-14-12-25(13-15-26)31(36(33,34)27-16-10-24(29)11-17-27)19-28(32)30-20(2)22-9-8-21-6-4-5-7-23(21)18-22/h8-18,20H,3-7,19H2,1-2H3,(H,30,32)/t20-/m0/s1. The van der Waals surface area contributed by atoms with Crippen LogP contribution >= 0.6 is 11.6 Å². The lowest BCUT2D eigenvalue weighted by Crippen LogP contribution is -2.41. The highest BCUT2D eigenvalue weighted by molar-refractivity contribution is 7.92. The minimum Gasteiger partial charge on any atom is -0.494 e. The number of aryl methyl sites for hydroxylation is 2. The van der Waals surface area contributed by atoms with Crippen molar-refractivity contribution in [1.29, 1.82) is 0 Å². The lowest BCUT2D eigenvalue weighted by atomic mass is 9.89. The second-order valence-electron chi connectivity index (χ2n) is 8.92. The van der Waals surface area contributed by atoms with Gasteiger partial charge in [0.05, 0.1) is 23.2 Å². The van der Waals surface area contributed by atoms with Gasteiger partial charge in [-0.05, 0) is 105 Å². The number of hydrogen-bond donors (Lipinski definition) is 1. The van der Waals surface area contributed by atoms with Gasteiger partial charge in [-0.25, -0.2) is 8.42 Å². The molecule has 1 aliphatic rings. The van der Waals surface area contributed by atoms with Crippen LogP contribution in [0, 0.1) is 0 Å². The number of rotatable bonds is 9. The highest BCUT2D eigenvalue weighted by Crippen LogP contribution is 2.28. The molecule has 1 N–H and O–H groups in total. The van der Waals surface area contributed by atoms with Crippen LogP contribution in [-0.2, 0) is 27.7 Å². The Morgan fingerprint density at radius 1 is 1.00 bits per heavy atom. The number of carbonyl (C=O) groups is 1. The number of halogens is 1. The van der Waals surface area contributed by atoms with Crippen LogP contribution in [0.3, 0.4) is 0 Å². The van der Waals surface area contributed by atoms with Gasteiger partial charge in [-0.15, -0.1) is 0 Å². The molecule has 1 atom stereocenters. The van der Waals surface area contributed by atoms with Crippen molar-refractivity contribution in [2.75, 3.05) is 17.5 Å². The maximum Gasteiger partial charge on any atom is 0.264 e. The van der Waals surface area contributed by atoms with Crippen LogP contribution < -0.4 is 14.4 Å². The first-order valence-corrected chi connectivity index (χ1v) is 14.0. The van der Waals surface area contributed by atoms with E-state index in [4.69, 9.17) is 16.3 Å². The maximum atomic E-state index is 13.6. The second kappa shape index (κ2) is 11.4. The van der Waals surface area contributed by atoms with Crippen molar-refractivity contribution in [1.82, 2.24) is 5.32 Å². The molecule has 0 heterocycles. The molecule has 0 fully saturated rings. The summed E-state index contributed by atoms with van der Waals surface area (Å²) in [5.74, 6) is 0.224. The molecule has 0 spiro atoms. The Kier molecular flexibility index (Phi) is 8.21. The van der Waals surface area contributed by atoms with Crippen molar-refractivity contribution >= 4 is 33.2 Å². The van der Waals surface area contributed by atoms with Crippen molar-refractivity contribution in [3.63, 3.8) is 0 Å². The molecule has 0 bridgehead atoms. The molecular formula is C28H31ClN2O4S. The Morgan fingerprint density at radius 2 is 1.67 bits per heavy atom. The van der Waals surface area contributed by atoms with E-state index in [1.165, 1.54) is 48.2 Å². The molecule has 0 aromatic heterocycles. The largest absolute Gasteiger partial charge is 0.494 e. The third-order valence-electron chi connectivity index (χ3n) is 6.37. The molecular weight excluding hydrogens is 496 g/mol. The van der Waals surface area contributed by atoms with Gasteiger partial charge in [-0.1, -0.05) is 29.8 Å². The number of nitrogens with one attached hydrogen (secondary N) is 1. The van der Waals surface area contributed by atoms with Crippen LogP contribution in [0.4, 0.5) is 5.69 Å². The van der Waals surface area contributed by atoms with Crippen molar-refractivity contribution < 1.29 is 17.9 Å². The summed E-state index contributed by atoms with van der Waals surface area (Å²) in [6.07, 6.45) is 4.53. The Hall–Kier alpha value is -3.03. The number of ether oxygens (including phenoxy) is 1. The van der Waals surface area contributed by atoms with Crippen LogP contribution in [-0.4, -0.2) is 27.5 Å². The predicted molar refractivity (Wildman–Crippen MR) is 143 cm³/mol. The van der Waals surface area contributed by atoms with E-state index in [1.807, 2.05) is 19.9 Å². The number of fused-ring (bicyclic) bond motifs is 1. The van der Waals surface area contributed by atoms with Crippen LogP contribution in [0.1, 0.15) is 49.4 Å². The van der Waals surface area contributed by atoms with E-state index in [1.54, 1.807) is 24.3 Å². The van der Waals surface area contributed by atoms with Gasteiger partial charge in [-0.2, -0.15) is 0 Å². The number of carbonyl (C=O) groups excluding carboxylic acids is 1. The summed E-state index contributed by atoms with van der Waals surface area (Å²) in [7, 11) is -4.03. The molecule has 4 rings (SSSR count). The summed E-state index contributed by atoms with van der Waals surface area (Å²) in [6, 6.07) is 18.7. The van der Waals surface area contributed by atoms with Gasteiger partial charge >= 0.3 is 0 Å². The van der Waals surface area contributed by atoms with Crippen LogP contribution in [0.2, 0.25) is 5.02 Å². The number of benzene rings is 3. The lowest BCUT2D eigenvalue weighted by Gasteiger charge is -2.26. The summed E-state index contributed by atoms with van der Waals surface area (Å²) in [6.45, 7) is 3.92. The smallest absolute Gasteiger partial charge is 0.264 e. The van der Waals surface area contributed by atoms with Crippen LogP contribution in [0.15, 0.2) is 71.6 Å². The molecule has 6 nitrogen and oxygen atoms in total. The highest BCUT2D eigenvalue weighted by Gasteiger charge is 2.28. The van der Waals surface area contributed by atoms with Gasteiger partial charge in [0.1, 0.15) is 12.3 Å². The SMILES string of the molecule is CCOc1ccc(N(CC(=O)N[C@@H](C)c2ccc3c(c2)CCCC3)S(=O)(=O)c2ccc(Cl)cc2)cc1. The quantitative estimate of drug-likeness (QED) is 0.388. The fraction of sp³-hybridized carbons (Fsp3) is 0.321. The van der Waals surface area contributed by atoms with Gasteiger partial charge in [-0.3, -0.25) is 9.10 Å². The first kappa shape index (κ1) is 26.0. The van der Waals surface area contributed by atoms with Crippen molar-refractivity contribution in [3.8, 4) is 5.75 Å². The molecule has 0 unspecified atom stereocenters. The second-order valence-corrected chi connectivity index (χ2v) is 11.2. The minimum absolute atomic E-state index is 0.0521. The number of nitrogens with zero attached hydrogens (tertiary/aromatic N) is 1. The lowest BCUT2D eigenvalue weighted by molar-refractivity contribution is -0.120. The molecule has 0 saturated carbocycles. The van der Waals surface area contributed by atoms with Gasteiger partial charge in [0, 0.05) is 5.02 Å². The Morgan fingerprint density at radius 3 is 2.33 bits per heavy atom. The van der Waals surface area contributed by atoms with Gasteiger partial charge in [0.25, 0.3) is 10.0 Å². The first-order chi connectivity index (χ1) is 17.3. The van der Waals surface area contributed by atoms with E-state index >= 15 is 0 Å². The van der Waals surface area contributed by atoms with Crippen LogP contribution in [0.25, 0.3) is 0 Å². The molecule has 1 aliphatic carbocycles. The summed E-state index contributed by atoms with van der Waals surface area (Å²) in [5, 5.41) is 3.41. The number of anilines is 1. The van der Waals surface area contributed by atoms with E-state index in [-0.39, 0.29) is 17.5 Å². The number of hydrogen-bond acceptors (Lipinski definition) is 4. The topological polar surface area (TPSA) is 75.7 Å². The molecule has 8 heteroatoms. The Balaban J connectivity index is 1.57. The summed E-state index contributed by atoms with van der Waals surface area (Å²) >= 11 is 5.96. The van der Waals surface area contributed by atoms with Gasteiger partial charge in [0.2, 0.25) is 5.91 Å². The zero-order valence-electron chi connectivity index (χ0n) is 20.5. The van der Waals surface area contributed by atoms with Gasteiger partial charge < -0.3 is 10.1 Å². The maximum absolute atomic E-state index is 13.6. The first-order valence-electron chi connectivity index (χ1n) is 12.2. The van der Waals surface area contributed by atoms with E-state index in [2.05, 4.69) is 17.4 Å². The molecule has 0 aliphatic heterocycles. The monoisotopic (exact) mass is 526 g/mol. The number of amides is 1. The molecule has 190 valence electrons. The third kappa shape index (κ3) is 6.02. The van der Waals surface area contributed by atoms with E-state index in [0.29, 0.717) is 23.1 Å². The van der Waals surface area contributed by atoms with E-state index < -0.39 is 15.9 Å². The zero-order chi connectivity index (χ0) is 25.7. The summed E-state index contributed by atoms with van der Waals surface area (Å²) in [5.41, 5.74) is 4.09. The van der Waals surface area contributed by atoms with Crippen molar-refractivity contribution in [2.45, 2.75) is 50.5 Å². The van der Waals surface area contributed by atoms with E-state index in [0.717, 1.165) is 22.7 Å². The fourth-order valence-corrected chi connectivity index (χ4v) is 5.99. The molecule has 36 heavy (non-hydrogen) atoms. The normalized spacial score (nSPS) is 14.0. The average Bonchev–Trinajstić information content (AvgIpc) is 2.88. The molecule has 3 aromatic carbocycles. The van der Waals surface area contributed by atoms with Crippen molar-refractivity contribution in [3.05, 3.63) is 88.4 Å². The number of sulfonamides is 1. The van der Waals surface area contributed by atoms with E-state index in [9.17, 15) is 13.2 Å². The zero-order valence-corrected chi connectivity index (χ0v) is 22.1. The fourth-order valence-electron chi connectivity index (χ4n) is 4.45. The molecule has 3 aromatic rings. The Bertz CT molecular complexity index is 1310. The average molecular weight is 527 g/mol. The minimum atomic E-state index is -4.03. The predicted octanol–water partition coefficient (Wildman–Crippen LogP) is 5.69. The molecule has 1 amide bonds. The highest BCUT2D eigenvalue weighted by atomic mass is 35.5. The summed E-state index contributed by atoms with van der Waals surface area (Å²) < 4.78 is 33.8. The van der Waals surface area contributed by atoms with Crippen LogP contribution in [0.5, 0.6) is 5.75 Å². The molecule has 0 radical (unpaired) electrons. The van der Waals surface area contributed by atoms with Crippen molar-refractivity contribution in [2.24, 2.45) is 0 Å². The third-order valence-corrected chi connectivity index (χ3v) is 8.41. The summed E-state index contributed by atoms with van der Waals surface area (Å²) in [4.78, 5) is 13.2.